The van der Waals surface area contributed by atoms with Crippen molar-refractivity contribution in [3.8, 4) is 0 Å². The van der Waals surface area contributed by atoms with Gasteiger partial charge in [0.1, 0.15) is 0 Å². The van der Waals surface area contributed by atoms with Crippen molar-refractivity contribution in [2.24, 2.45) is 0 Å². The molecule has 0 aliphatic heterocycles. The number of rotatable bonds is 4. The molecule has 0 saturated heterocycles. The SMILES string of the molecule is CC(C)(O)[C@@H]([C]1[CH][CH][CH][C]1[Si](C)(C)C)c1ccccc1.[CH]1[CH][CH][CH][CH]1.[Fe+2]. The van der Waals surface area contributed by atoms with Crippen molar-refractivity contribution in [1.29, 1.82) is 0 Å². The molecule has 1 nitrogen and oxygen atoms in total. The largest absolute Gasteiger partial charge is 2.00 e. The first-order chi connectivity index (χ1) is 11.7. The summed E-state index contributed by atoms with van der Waals surface area (Å²) in [4.78, 5) is 0. The van der Waals surface area contributed by atoms with Crippen LogP contribution in [0.15, 0.2) is 30.3 Å². The van der Waals surface area contributed by atoms with E-state index in [9.17, 15) is 5.11 Å². The predicted molar refractivity (Wildman–Crippen MR) is 110 cm³/mol. The Morgan fingerprint density at radius 2 is 1.31 bits per heavy atom. The quantitative estimate of drug-likeness (QED) is 0.681. The average Bonchev–Trinajstić information content (AvgIpc) is 3.21. The minimum Gasteiger partial charge on any atom is -0.390 e. The molecule has 3 heteroatoms. The van der Waals surface area contributed by atoms with Gasteiger partial charge in [0.2, 0.25) is 0 Å². The van der Waals surface area contributed by atoms with Gasteiger partial charge in [0.15, 0.2) is 0 Å². The number of hydrogen-bond acceptors (Lipinski definition) is 1. The molecule has 10 radical (unpaired) electrons. The van der Waals surface area contributed by atoms with Crippen LogP contribution in [0.3, 0.4) is 0 Å². The summed E-state index contributed by atoms with van der Waals surface area (Å²) >= 11 is 0. The Bertz CT molecular complexity index is 492. The molecule has 2 saturated carbocycles. The topological polar surface area (TPSA) is 20.2 Å². The van der Waals surface area contributed by atoms with Crippen LogP contribution in [0.25, 0.3) is 0 Å². The van der Waals surface area contributed by atoms with E-state index in [0.717, 1.165) is 0 Å². The third kappa shape index (κ3) is 6.82. The smallest absolute Gasteiger partial charge is 0.390 e. The van der Waals surface area contributed by atoms with E-state index < -0.39 is 13.7 Å². The molecule has 1 aromatic carbocycles. The van der Waals surface area contributed by atoms with E-state index in [1.54, 1.807) is 0 Å². The zero-order valence-corrected chi connectivity index (χ0v) is 18.5. The molecule has 0 bridgehead atoms. The van der Waals surface area contributed by atoms with E-state index >= 15 is 0 Å². The molecule has 2 fully saturated rings. The summed E-state index contributed by atoms with van der Waals surface area (Å²) in [7, 11) is -1.41. The first-order valence-electron chi connectivity index (χ1n) is 8.91. The van der Waals surface area contributed by atoms with Crippen LogP contribution in [-0.4, -0.2) is 18.8 Å². The fourth-order valence-electron chi connectivity index (χ4n) is 3.30. The zero-order valence-electron chi connectivity index (χ0n) is 16.4. The van der Waals surface area contributed by atoms with E-state index in [1.165, 1.54) is 17.0 Å². The summed E-state index contributed by atoms with van der Waals surface area (Å²) in [5.74, 6) is 1.32. The molecule has 0 heterocycles. The molecule has 138 valence electrons. The summed E-state index contributed by atoms with van der Waals surface area (Å²) in [6.07, 6.45) is 16.6. The van der Waals surface area contributed by atoms with Gasteiger partial charge < -0.3 is 5.11 Å². The summed E-state index contributed by atoms with van der Waals surface area (Å²) in [5.41, 5.74) is 1.86. The molecule has 26 heavy (non-hydrogen) atoms. The van der Waals surface area contributed by atoms with Crippen LogP contribution in [0.2, 0.25) is 19.6 Å². The van der Waals surface area contributed by atoms with Crippen LogP contribution in [0.5, 0.6) is 0 Å². The van der Waals surface area contributed by atoms with Crippen molar-refractivity contribution in [1.82, 2.24) is 0 Å². The Labute approximate surface area is 173 Å². The number of hydrogen-bond donors (Lipinski definition) is 1. The van der Waals surface area contributed by atoms with Crippen molar-refractivity contribution in [2.75, 3.05) is 0 Å². The van der Waals surface area contributed by atoms with Crippen LogP contribution in [0.1, 0.15) is 25.3 Å². The average molecular weight is 406 g/mol. The van der Waals surface area contributed by atoms with Crippen LogP contribution in [0, 0.1) is 62.8 Å². The minimum absolute atomic E-state index is 0. The van der Waals surface area contributed by atoms with Gasteiger partial charge in [-0.15, -0.1) is 0 Å². The molecule has 1 atom stereocenters. The van der Waals surface area contributed by atoms with E-state index in [2.05, 4.69) is 51.0 Å². The van der Waals surface area contributed by atoms with E-state index in [4.69, 9.17) is 0 Å². The van der Waals surface area contributed by atoms with Gasteiger partial charge in [0, 0.05) is 5.92 Å². The molecule has 0 amide bonds. The van der Waals surface area contributed by atoms with E-state index in [-0.39, 0.29) is 23.0 Å². The first kappa shape index (κ1) is 24.0. The Morgan fingerprint density at radius 3 is 1.73 bits per heavy atom. The fourth-order valence-corrected chi connectivity index (χ4v) is 4.99. The summed E-state index contributed by atoms with van der Waals surface area (Å²) < 4.78 is 0. The maximum atomic E-state index is 10.7. The van der Waals surface area contributed by atoms with Gasteiger partial charge in [0.25, 0.3) is 0 Å². The maximum absolute atomic E-state index is 10.7. The summed E-state index contributed by atoms with van der Waals surface area (Å²) in [5, 5.41) is 10.7. The molecule has 0 aromatic heterocycles. The zero-order chi connectivity index (χ0) is 18.5. The standard InChI is InChI=1S/C18H25OSi.C5H5.Fe/c1-18(2,19)17(14-10-7-6-8-11-14)15-12-9-13-16(15)20(3,4)5;1-2-4-5-3-1;/h6-13,17,19H,1-5H3;1-5H;/q;;+2/t17-;;/m1../s1. The molecule has 1 N–H and O–H groups in total. The van der Waals surface area contributed by atoms with Crippen molar-refractivity contribution in [2.45, 2.75) is 45.0 Å². The number of benzene rings is 1. The van der Waals surface area contributed by atoms with Gasteiger partial charge in [-0.3, -0.25) is 0 Å². The summed E-state index contributed by atoms with van der Waals surface area (Å²) in [6, 6.07) is 10.3. The Morgan fingerprint density at radius 1 is 0.808 bits per heavy atom. The van der Waals surface area contributed by atoms with Gasteiger partial charge in [-0.1, -0.05) is 50.0 Å². The van der Waals surface area contributed by atoms with E-state index in [1.807, 2.05) is 64.2 Å². The van der Waals surface area contributed by atoms with Crippen LogP contribution < -0.4 is 0 Å². The summed E-state index contributed by atoms with van der Waals surface area (Å²) in [6.45, 7) is 10.9. The van der Waals surface area contributed by atoms with Crippen molar-refractivity contribution in [3.05, 3.63) is 98.7 Å². The number of aliphatic hydroxyl groups is 1. The molecule has 3 rings (SSSR count). The molecule has 1 aromatic rings. The van der Waals surface area contributed by atoms with Gasteiger partial charge in [-0.05, 0) is 82.2 Å². The minimum atomic E-state index is -1.41. The van der Waals surface area contributed by atoms with Gasteiger partial charge in [-0.25, -0.2) is 0 Å². The van der Waals surface area contributed by atoms with Gasteiger partial charge in [-0.2, -0.15) is 0 Å². The third-order valence-electron chi connectivity index (χ3n) is 4.36. The first-order valence-corrected chi connectivity index (χ1v) is 12.4. The monoisotopic (exact) mass is 406 g/mol. The third-order valence-corrected chi connectivity index (χ3v) is 6.43. The Hall–Kier alpha value is -0.0836. The molecular formula is C23H30FeOSi+2. The maximum Gasteiger partial charge on any atom is 2.00 e. The second kappa shape index (κ2) is 10.5. The van der Waals surface area contributed by atoms with Gasteiger partial charge in [0.05, 0.1) is 13.7 Å². The predicted octanol–water partition coefficient (Wildman–Crippen LogP) is 5.21. The second-order valence-corrected chi connectivity index (χ2v) is 13.1. The van der Waals surface area contributed by atoms with Gasteiger partial charge >= 0.3 is 17.1 Å². The Balaban J connectivity index is 0.000000486. The fraction of sp³-hybridized carbons (Fsp3) is 0.304. The molecule has 0 spiro atoms. The molecule has 2 aliphatic rings. The van der Waals surface area contributed by atoms with E-state index in [0.29, 0.717) is 0 Å². The van der Waals surface area contributed by atoms with Crippen LogP contribution >= 0.6 is 0 Å². The van der Waals surface area contributed by atoms with Crippen molar-refractivity contribution >= 4 is 8.07 Å². The van der Waals surface area contributed by atoms with Crippen molar-refractivity contribution in [3.63, 3.8) is 0 Å². The molecule has 0 unspecified atom stereocenters. The molecule has 2 aliphatic carbocycles. The second-order valence-electron chi connectivity index (χ2n) is 8.10. The van der Waals surface area contributed by atoms with Crippen LogP contribution in [0.4, 0.5) is 0 Å². The van der Waals surface area contributed by atoms with Crippen LogP contribution in [-0.2, 0) is 17.1 Å². The normalized spacial score (nSPS) is 20.2. The Kier molecular flexibility index (Phi) is 9.64. The molecular weight excluding hydrogens is 376 g/mol. The van der Waals surface area contributed by atoms with Crippen molar-refractivity contribution < 1.29 is 22.2 Å².